The van der Waals surface area contributed by atoms with E-state index in [0.29, 0.717) is 5.56 Å². The molecule has 1 rings (SSSR count). The molecule has 0 aromatic carbocycles. The molecule has 0 aliphatic carbocycles. The second-order valence-corrected chi connectivity index (χ2v) is 4.76. The van der Waals surface area contributed by atoms with Crippen molar-refractivity contribution in [3.8, 4) is 6.07 Å². The molecule has 1 heterocycles. The molecule has 0 saturated carbocycles. The first kappa shape index (κ1) is 11.5. The number of aryl methyl sites for hydroxylation is 2. The van der Waals surface area contributed by atoms with Crippen molar-refractivity contribution in [3.05, 3.63) is 23.0 Å². The second kappa shape index (κ2) is 3.90. The maximum absolute atomic E-state index is 9.06. The smallest absolute Gasteiger partial charge is 0.103 e. The fourth-order valence-corrected chi connectivity index (χ4v) is 1.47. The lowest BCUT2D eigenvalue weighted by Gasteiger charge is -2.23. The van der Waals surface area contributed by atoms with E-state index in [-0.39, 0.29) is 5.54 Å². The summed E-state index contributed by atoms with van der Waals surface area (Å²) in [4.78, 5) is 4.27. The van der Waals surface area contributed by atoms with Gasteiger partial charge in [-0.3, -0.25) is 4.98 Å². The highest BCUT2D eigenvalue weighted by molar-refractivity contribution is 5.60. The van der Waals surface area contributed by atoms with Gasteiger partial charge in [0, 0.05) is 11.2 Å². The summed E-state index contributed by atoms with van der Waals surface area (Å²) in [6.45, 7) is 10.00. The van der Waals surface area contributed by atoms with Gasteiger partial charge in [0.05, 0.1) is 16.9 Å². The molecule has 3 nitrogen and oxygen atoms in total. The first-order valence-electron chi connectivity index (χ1n) is 5.00. The van der Waals surface area contributed by atoms with Gasteiger partial charge in [-0.1, -0.05) is 0 Å². The van der Waals surface area contributed by atoms with Crippen molar-refractivity contribution in [3.63, 3.8) is 0 Å². The Morgan fingerprint density at radius 3 is 2.40 bits per heavy atom. The van der Waals surface area contributed by atoms with Crippen LogP contribution in [-0.2, 0) is 0 Å². The van der Waals surface area contributed by atoms with Crippen LogP contribution in [0.3, 0.4) is 0 Å². The molecule has 1 N–H and O–H groups in total. The SMILES string of the molecule is Cc1cc(NC(C)(C)C)c(C#N)c(C)n1. The Morgan fingerprint density at radius 2 is 1.93 bits per heavy atom. The minimum absolute atomic E-state index is 0.0498. The molecular formula is C12H17N3. The lowest BCUT2D eigenvalue weighted by molar-refractivity contribution is 0.633. The van der Waals surface area contributed by atoms with E-state index in [4.69, 9.17) is 5.26 Å². The Bertz CT molecular complexity index is 408. The third-order valence-corrected chi connectivity index (χ3v) is 1.95. The van der Waals surface area contributed by atoms with E-state index in [1.807, 2.05) is 19.9 Å². The molecule has 15 heavy (non-hydrogen) atoms. The molecule has 1 aromatic rings. The predicted molar refractivity (Wildman–Crippen MR) is 61.8 cm³/mol. The second-order valence-electron chi connectivity index (χ2n) is 4.76. The standard InChI is InChI=1S/C12H17N3/c1-8-6-11(15-12(3,4)5)10(7-13)9(2)14-8/h6H,1-5H3,(H,14,15). The summed E-state index contributed by atoms with van der Waals surface area (Å²) in [5.41, 5.74) is 3.17. The van der Waals surface area contributed by atoms with Crippen LogP contribution >= 0.6 is 0 Å². The average Bonchev–Trinajstić information content (AvgIpc) is 1.99. The Balaban J connectivity index is 3.23. The number of hydrogen-bond acceptors (Lipinski definition) is 3. The lowest BCUT2D eigenvalue weighted by atomic mass is 10.1. The van der Waals surface area contributed by atoms with E-state index < -0.39 is 0 Å². The number of nitrogens with one attached hydrogen (secondary N) is 1. The molecule has 0 radical (unpaired) electrons. The van der Waals surface area contributed by atoms with E-state index >= 15 is 0 Å². The summed E-state index contributed by atoms with van der Waals surface area (Å²) in [6.07, 6.45) is 0. The van der Waals surface area contributed by atoms with Crippen LogP contribution in [0.25, 0.3) is 0 Å². The Hall–Kier alpha value is -1.56. The Morgan fingerprint density at radius 1 is 1.33 bits per heavy atom. The van der Waals surface area contributed by atoms with Gasteiger partial charge < -0.3 is 5.32 Å². The van der Waals surface area contributed by atoms with Crippen molar-refractivity contribution in [2.75, 3.05) is 5.32 Å². The number of aromatic nitrogens is 1. The molecule has 0 spiro atoms. The largest absolute Gasteiger partial charge is 0.379 e. The molecular weight excluding hydrogens is 186 g/mol. The van der Waals surface area contributed by atoms with E-state index in [2.05, 4.69) is 37.1 Å². The van der Waals surface area contributed by atoms with Crippen LogP contribution in [-0.4, -0.2) is 10.5 Å². The van der Waals surface area contributed by atoms with Crippen molar-refractivity contribution in [2.24, 2.45) is 0 Å². The average molecular weight is 203 g/mol. The molecule has 1 aromatic heterocycles. The van der Waals surface area contributed by atoms with Gasteiger partial charge in [-0.15, -0.1) is 0 Å². The zero-order valence-electron chi connectivity index (χ0n) is 9.97. The van der Waals surface area contributed by atoms with E-state index in [0.717, 1.165) is 17.1 Å². The summed E-state index contributed by atoms with van der Waals surface area (Å²) in [5.74, 6) is 0. The highest BCUT2D eigenvalue weighted by atomic mass is 15.0. The molecule has 0 saturated heterocycles. The zero-order chi connectivity index (χ0) is 11.6. The highest BCUT2D eigenvalue weighted by Gasteiger charge is 2.14. The molecule has 80 valence electrons. The lowest BCUT2D eigenvalue weighted by Crippen LogP contribution is -2.27. The number of hydrogen-bond donors (Lipinski definition) is 1. The molecule has 0 amide bonds. The summed E-state index contributed by atoms with van der Waals surface area (Å²) >= 11 is 0. The van der Waals surface area contributed by atoms with Crippen LogP contribution in [0, 0.1) is 25.2 Å². The van der Waals surface area contributed by atoms with Crippen LogP contribution < -0.4 is 5.32 Å². The van der Waals surface area contributed by atoms with Gasteiger partial charge in [0.2, 0.25) is 0 Å². The third-order valence-electron chi connectivity index (χ3n) is 1.95. The summed E-state index contributed by atoms with van der Waals surface area (Å²) < 4.78 is 0. The molecule has 3 heteroatoms. The Kier molecular flexibility index (Phi) is 2.99. The van der Waals surface area contributed by atoms with Crippen molar-refractivity contribution in [1.82, 2.24) is 4.98 Å². The van der Waals surface area contributed by atoms with Gasteiger partial charge in [0.15, 0.2) is 0 Å². The number of rotatable bonds is 1. The van der Waals surface area contributed by atoms with Crippen LogP contribution in [0.15, 0.2) is 6.07 Å². The zero-order valence-corrected chi connectivity index (χ0v) is 9.97. The quantitative estimate of drug-likeness (QED) is 0.763. The first-order chi connectivity index (χ1) is 6.83. The van der Waals surface area contributed by atoms with Gasteiger partial charge in [0.1, 0.15) is 6.07 Å². The molecule has 0 bridgehead atoms. The molecule has 0 unspecified atom stereocenters. The van der Waals surface area contributed by atoms with E-state index in [1.165, 1.54) is 0 Å². The Labute approximate surface area is 91.1 Å². The van der Waals surface area contributed by atoms with Crippen molar-refractivity contribution >= 4 is 5.69 Å². The predicted octanol–water partition coefficient (Wildman–Crippen LogP) is 2.78. The molecule has 0 aliphatic heterocycles. The fourth-order valence-electron chi connectivity index (χ4n) is 1.47. The number of nitriles is 1. The normalized spacial score (nSPS) is 10.9. The molecule has 0 aliphatic rings. The number of pyridine rings is 1. The fraction of sp³-hybridized carbons (Fsp3) is 0.500. The van der Waals surface area contributed by atoms with E-state index in [1.54, 1.807) is 0 Å². The van der Waals surface area contributed by atoms with Gasteiger partial charge in [-0.2, -0.15) is 5.26 Å². The van der Waals surface area contributed by atoms with Crippen LogP contribution in [0.1, 0.15) is 37.7 Å². The number of anilines is 1. The summed E-state index contributed by atoms with van der Waals surface area (Å²) in [5, 5.41) is 12.4. The molecule has 0 fully saturated rings. The van der Waals surface area contributed by atoms with Gasteiger partial charge >= 0.3 is 0 Å². The minimum atomic E-state index is -0.0498. The van der Waals surface area contributed by atoms with Crippen molar-refractivity contribution < 1.29 is 0 Å². The topological polar surface area (TPSA) is 48.7 Å². The van der Waals surface area contributed by atoms with Crippen molar-refractivity contribution in [2.45, 2.75) is 40.2 Å². The monoisotopic (exact) mass is 203 g/mol. The van der Waals surface area contributed by atoms with Crippen LogP contribution in [0.4, 0.5) is 5.69 Å². The van der Waals surface area contributed by atoms with Gasteiger partial charge in [0.25, 0.3) is 0 Å². The van der Waals surface area contributed by atoms with Crippen LogP contribution in [0.5, 0.6) is 0 Å². The van der Waals surface area contributed by atoms with Gasteiger partial charge in [-0.25, -0.2) is 0 Å². The third kappa shape index (κ3) is 2.95. The van der Waals surface area contributed by atoms with Gasteiger partial charge in [-0.05, 0) is 40.7 Å². The maximum Gasteiger partial charge on any atom is 0.103 e. The van der Waals surface area contributed by atoms with E-state index in [9.17, 15) is 0 Å². The number of nitrogens with zero attached hydrogens (tertiary/aromatic N) is 2. The minimum Gasteiger partial charge on any atom is -0.379 e. The van der Waals surface area contributed by atoms with Crippen LogP contribution in [0.2, 0.25) is 0 Å². The molecule has 0 atom stereocenters. The first-order valence-corrected chi connectivity index (χ1v) is 5.00. The van der Waals surface area contributed by atoms with Crippen molar-refractivity contribution in [1.29, 1.82) is 5.26 Å². The summed E-state index contributed by atoms with van der Waals surface area (Å²) in [7, 11) is 0. The highest BCUT2D eigenvalue weighted by Crippen LogP contribution is 2.22. The maximum atomic E-state index is 9.06. The summed E-state index contributed by atoms with van der Waals surface area (Å²) in [6, 6.07) is 4.10.